The second-order valence-electron chi connectivity index (χ2n) is 8.78. The molecule has 8 heteroatoms. The number of fused-ring (bicyclic) bond motifs is 1. The highest BCUT2D eigenvalue weighted by molar-refractivity contribution is 8.14. The zero-order chi connectivity index (χ0) is 25.4. The number of carbonyl (C=O) groups excluding carboxylic acids is 2. The van der Waals surface area contributed by atoms with Crippen molar-refractivity contribution in [2.45, 2.75) is 26.3 Å². The van der Waals surface area contributed by atoms with Crippen LogP contribution in [0, 0.1) is 6.92 Å². The lowest BCUT2D eigenvalue weighted by Gasteiger charge is -2.23. The maximum Gasteiger partial charge on any atom is 0.283 e. The van der Waals surface area contributed by atoms with Gasteiger partial charge in [0.2, 0.25) is 5.91 Å². The molecule has 2 amide bonds. The highest BCUT2D eigenvalue weighted by Crippen LogP contribution is 2.35. The average molecular weight is 536 g/mol. The van der Waals surface area contributed by atoms with Crippen LogP contribution in [0.5, 0.6) is 0 Å². The van der Waals surface area contributed by atoms with Gasteiger partial charge in [0, 0.05) is 11.7 Å². The summed E-state index contributed by atoms with van der Waals surface area (Å²) in [6.45, 7) is 4.03. The molecule has 0 saturated carbocycles. The molecular weight excluding hydrogens is 513 g/mol. The van der Waals surface area contributed by atoms with E-state index in [0.29, 0.717) is 26.5 Å². The molecule has 2 heterocycles. The van der Waals surface area contributed by atoms with Gasteiger partial charge in [-0.25, -0.2) is 4.99 Å². The molecule has 3 aromatic rings. The van der Waals surface area contributed by atoms with E-state index < -0.39 is 0 Å². The van der Waals surface area contributed by atoms with Crippen LogP contribution in [-0.2, 0) is 16.0 Å². The molecule has 2 aliphatic heterocycles. The number of anilines is 2. The summed E-state index contributed by atoms with van der Waals surface area (Å²) >= 11 is 13.8. The SMILES string of the molecule is Cc1ccc(N2C(=O)/C(=C/c3cccc(Cl)c3Cl)N=C2SCC(=O)N2c3ccccc3C[C@H]2C)cc1. The van der Waals surface area contributed by atoms with Crippen molar-refractivity contribution >= 4 is 69.4 Å². The zero-order valence-electron chi connectivity index (χ0n) is 19.7. The number of hydrogen-bond donors (Lipinski definition) is 0. The molecule has 0 unspecified atom stereocenters. The van der Waals surface area contributed by atoms with Crippen LogP contribution in [0.2, 0.25) is 10.0 Å². The second kappa shape index (κ2) is 10.1. The van der Waals surface area contributed by atoms with Gasteiger partial charge < -0.3 is 4.90 Å². The molecule has 0 bridgehead atoms. The lowest BCUT2D eigenvalue weighted by molar-refractivity contribution is -0.116. The van der Waals surface area contributed by atoms with Gasteiger partial charge in [0.25, 0.3) is 5.91 Å². The van der Waals surface area contributed by atoms with Crippen molar-refractivity contribution in [1.82, 2.24) is 0 Å². The van der Waals surface area contributed by atoms with Crippen molar-refractivity contribution < 1.29 is 9.59 Å². The summed E-state index contributed by atoms with van der Waals surface area (Å²) in [7, 11) is 0. The molecule has 0 N–H and O–H groups in total. The summed E-state index contributed by atoms with van der Waals surface area (Å²) in [5.74, 6) is -0.158. The molecule has 2 aliphatic rings. The number of halogens is 2. The van der Waals surface area contributed by atoms with Gasteiger partial charge >= 0.3 is 0 Å². The Morgan fingerprint density at radius 3 is 2.61 bits per heavy atom. The molecule has 5 rings (SSSR count). The summed E-state index contributed by atoms with van der Waals surface area (Å²) in [5, 5.41) is 1.20. The van der Waals surface area contributed by atoms with Crippen molar-refractivity contribution in [2.24, 2.45) is 4.99 Å². The van der Waals surface area contributed by atoms with Gasteiger partial charge in [-0.15, -0.1) is 0 Å². The summed E-state index contributed by atoms with van der Waals surface area (Å²) in [5.41, 5.74) is 4.72. The standard InChI is InChI=1S/C28H23Cl2N3O2S/c1-17-10-12-21(13-11-17)33-27(35)23(15-20-7-5-8-22(29)26(20)30)31-28(33)36-16-25(34)32-18(2)14-19-6-3-4-9-24(19)32/h3-13,15,18H,14,16H2,1-2H3/b23-15-/t18-/m1/s1. The fourth-order valence-corrected chi connectivity index (χ4v) is 5.67. The van der Waals surface area contributed by atoms with E-state index in [1.165, 1.54) is 17.3 Å². The number of amidine groups is 1. The van der Waals surface area contributed by atoms with Crippen LogP contribution in [0.3, 0.4) is 0 Å². The smallest absolute Gasteiger partial charge is 0.283 e. The third kappa shape index (κ3) is 4.69. The number of nitrogens with zero attached hydrogens (tertiary/aromatic N) is 3. The van der Waals surface area contributed by atoms with Gasteiger partial charge in [-0.05, 0) is 61.7 Å². The van der Waals surface area contributed by atoms with Gasteiger partial charge in [-0.2, -0.15) is 0 Å². The minimum Gasteiger partial charge on any atom is -0.308 e. The highest BCUT2D eigenvalue weighted by atomic mass is 35.5. The minimum atomic E-state index is -0.287. The van der Waals surface area contributed by atoms with Crippen LogP contribution in [-0.4, -0.2) is 28.8 Å². The number of hydrogen-bond acceptors (Lipinski definition) is 4. The maximum absolute atomic E-state index is 13.5. The number of thioether (sulfide) groups is 1. The van der Waals surface area contributed by atoms with E-state index in [1.807, 2.05) is 61.2 Å². The third-order valence-electron chi connectivity index (χ3n) is 6.20. The molecule has 0 spiro atoms. The summed E-state index contributed by atoms with van der Waals surface area (Å²) < 4.78 is 0. The average Bonchev–Trinajstić information content (AvgIpc) is 3.36. The number of rotatable bonds is 4. The van der Waals surface area contributed by atoms with Crippen LogP contribution in [0.4, 0.5) is 11.4 Å². The Labute approximate surface area is 224 Å². The Morgan fingerprint density at radius 2 is 1.83 bits per heavy atom. The molecule has 0 saturated heterocycles. The Balaban J connectivity index is 1.44. The Kier molecular flexibility index (Phi) is 6.93. The highest BCUT2D eigenvalue weighted by Gasteiger charge is 2.35. The molecule has 36 heavy (non-hydrogen) atoms. The first kappa shape index (κ1) is 24.6. The first-order valence-electron chi connectivity index (χ1n) is 11.5. The first-order chi connectivity index (χ1) is 17.3. The molecule has 182 valence electrons. The van der Waals surface area contributed by atoms with E-state index >= 15 is 0 Å². The van der Waals surface area contributed by atoms with E-state index in [-0.39, 0.29) is 29.3 Å². The monoisotopic (exact) mass is 535 g/mol. The molecule has 0 fully saturated rings. The van der Waals surface area contributed by atoms with E-state index in [1.54, 1.807) is 29.2 Å². The number of amides is 2. The lowest BCUT2D eigenvalue weighted by Crippen LogP contribution is -2.38. The van der Waals surface area contributed by atoms with Gasteiger partial charge in [-0.3, -0.25) is 14.5 Å². The van der Waals surface area contributed by atoms with Crippen molar-refractivity contribution in [3.63, 3.8) is 0 Å². The van der Waals surface area contributed by atoms with E-state index in [9.17, 15) is 9.59 Å². The lowest BCUT2D eigenvalue weighted by atomic mass is 10.1. The minimum absolute atomic E-state index is 0.0215. The first-order valence-corrected chi connectivity index (χ1v) is 13.3. The largest absolute Gasteiger partial charge is 0.308 e. The normalized spacial score (nSPS) is 18.1. The van der Waals surface area contributed by atoms with Gasteiger partial charge in [0.15, 0.2) is 5.17 Å². The molecule has 0 aliphatic carbocycles. The molecule has 5 nitrogen and oxygen atoms in total. The van der Waals surface area contributed by atoms with Crippen LogP contribution in [0.15, 0.2) is 77.4 Å². The van der Waals surface area contributed by atoms with Crippen molar-refractivity contribution in [1.29, 1.82) is 0 Å². The van der Waals surface area contributed by atoms with Crippen molar-refractivity contribution in [3.05, 3.63) is 99.2 Å². The van der Waals surface area contributed by atoms with Crippen LogP contribution >= 0.6 is 35.0 Å². The zero-order valence-corrected chi connectivity index (χ0v) is 22.1. The number of carbonyl (C=O) groups is 2. The van der Waals surface area contributed by atoms with E-state index in [4.69, 9.17) is 23.2 Å². The Bertz CT molecular complexity index is 1420. The summed E-state index contributed by atoms with van der Waals surface area (Å²) in [6.07, 6.45) is 2.46. The fourth-order valence-electron chi connectivity index (χ4n) is 4.44. The third-order valence-corrected chi connectivity index (χ3v) is 7.95. The molecule has 3 aromatic carbocycles. The predicted molar refractivity (Wildman–Crippen MR) is 150 cm³/mol. The Morgan fingerprint density at radius 1 is 1.08 bits per heavy atom. The van der Waals surface area contributed by atoms with Crippen LogP contribution in [0.25, 0.3) is 6.08 Å². The maximum atomic E-state index is 13.5. The molecule has 0 radical (unpaired) electrons. The number of aliphatic imine (C=N–C) groups is 1. The summed E-state index contributed by atoms with van der Waals surface area (Å²) in [6, 6.07) is 20.9. The van der Waals surface area contributed by atoms with Crippen molar-refractivity contribution in [2.75, 3.05) is 15.6 Å². The predicted octanol–water partition coefficient (Wildman–Crippen LogP) is 6.76. The molecule has 1 atom stereocenters. The van der Waals surface area contributed by atoms with E-state index in [0.717, 1.165) is 17.7 Å². The molecular formula is C28H23Cl2N3O2S. The van der Waals surface area contributed by atoms with Gasteiger partial charge in [0.1, 0.15) is 5.70 Å². The number of aryl methyl sites for hydroxylation is 1. The van der Waals surface area contributed by atoms with Gasteiger partial charge in [0.05, 0.1) is 21.5 Å². The fraction of sp³-hybridized carbons (Fsp3) is 0.179. The van der Waals surface area contributed by atoms with Crippen LogP contribution < -0.4 is 9.80 Å². The summed E-state index contributed by atoms with van der Waals surface area (Å²) in [4.78, 5) is 34.8. The second-order valence-corrected chi connectivity index (χ2v) is 10.5. The van der Waals surface area contributed by atoms with E-state index in [2.05, 4.69) is 11.1 Å². The Hall–Kier alpha value is -3.06. The topological polar surface area (TPSA) is 53.0 Å². The quantitative estimate of drug-likeness (QED) is 0.347. The number of para-hydroxylation sites is 1. The van der Waals surface area contributed by atoms with Crippen molar-refractivity contribution in [3.8, 4) is 0 Å². The number of benzene rings is 3. The van der Waals surface area contributed by atoms with Crippen LogP contribution in [0.1, 0.15) is 23.6 Å². The van der Waals surface area contributed by atoms with Gasteiger partial charge in [-0.1, -0.05) is 83.0 Å². The molecule has 0 aromatic heterocycles.